The summed E-state index contributed by atoms with van der Waals surface area (Å²) in [5, 5.41) is 5.43. The van der Waals surface area contributed by atoms with E-state index in [0.717, 1.165) is 38.9 Å². The fraction of sp³-hybridized carbons (Fsp3) is 0.471. The maximum absolute atomic E-state index is 11.9. The van der Waals surface area contributed by atoms with E-state index < -0.39 is 0 Å². The standard InChI is InChI=1S/C17H21ClN4OS/c1-12-10-24-15-9-22(7-4-13(12)15)6-3-2-5-19-17(23)14-8-16(18)21-11-20-14/h8,10-11H,2-7,9H2,1H3,(H,19,23). The van der Waals surface area contributed by atoms with Gasteiger partial charge < -0.3 is 5.32 Å². The number of aromatic nitrogens is 2. The third-order valence-electron chi connectivity index (χ3n) is 4.29. The van der Waals surface area contributed by atoms with E-state index >= 15 is 0 Å². The van der Waals surface area contributed by atoms with Crippen LogP contribution in [0.5, 0.6) is 0 Å². The Kier molecular flexibility index (Phi) is 5.81. The number of nitrogens with one attached hydrogen (secondary N) is 1. The monoisotopic (exact) mass is 364 g/mol. The van der Waals surface area contributed by atoms with Crippen LogP contribution in [0.15, 0.2) is 17.8 Å². The summed E-state index contributed by atoms with van der Waals surface area (Å²) >= 11 is 7.64. The van der Waals surface area contributed by atoms with Crippen LogP contribution in [0.4, 0.5) is 0 Å². The van der Waals surface area contributed by atoms with Crippen molar-refractivity contribution in [3.05, 3.63) is 44.6 Å². The van der Waals surface area contributed by atoms with Gasteiger partial charge in [-0.1, -0.05) is 11.6 Å². The second kappa shape index (κ2) is 8.05. The molecule has 0 aliphatic carbocycles. The van der Waals surface area contributed by atoms with Crippen LogP contribution in [-0.4, -0.2) is 40.4 Å². The lowest BCUT2D eigenvalue weighted by molar-refractivity contribution is 0.0947. The number of hydrogen-bond donors (Lipinski definition) is 1. The number of rotatable bonds is 6. The van der Waals surface area contributed by atoms with Gasteiger partial charge in [0.25, 0.3) is 5.91 Å². The number of fused-ring (bicyclic) bond motifs is 1. The average molecular weight is 365 g/mol. The Hall–Kier alpha value is -1.50. The minimum atomic E-state index is -0.198. The largest absolute Gasteiger partial charge is 0.351 e. The minimum Gasteiger partial charge on any atom is -0.351 e. The van der Waals surface area contributed by atoms with Gasteiger partial charge in [-0.3, -0.25) is 9.69 Å². The number of nitrogens with zero attached hydrogens (tertiary/aromatic N) is 3. The van der Waals surface area contributed by atoms with Crippen molar-refractivity contribution in [1.29, 1.82) is 0 Å². The van der Waals surface area contributed by atoms with Crippen LogP contribution in [0.2, 0.25) is 5.15 Å². The molecule has 1 N–H and O–H groups in total. The molecule has 0 unspecified atom stereocenters. The van der Waals surface area contributed by atoms with Crippen molar-refractivity contribution >= 4 is 28.8 Å². The number of carbonyl (C=O) groups excluding carboxylic acids is 1. The molecule has 0 spiro atoms. The summed E-state index contributed by atoms with van der Waals surface area (Å²) in [6.07, 6.45) is 4.49. The first-order chi connectivity index (χ1) is 11.6. The predicted molar refractivity (Wildman–Crippen MR) is 96.6 cm³/mol. The van der Waals surface area contributed by atoms with Crippen LogP contribution < -0.4 is 5.32 Å². The molecule has 128 valence electrons. The van der Waals surface area contributed by atoms with Crippen LogP contribution in [-0.2, 0) is 13.0 Å². The summed E-state index contributed by atoms with van der Waals surface area (Å²) in [7, 11) is 0. The lowest BCUT2D eigenvalue weighted by Crippen LogP contribution is -2.31. The Bertz CT molecular complexity index is 718. The van der Waals surface area contributed by atoms with E-state index in [1.165, 1.54) is 22.8 Å². The van der Waals surface area contributed by atoms with E-state index in [-0.39, 0.29) is 11.1 Å². The number of aryl methyl sites for hydroxylation is 1. The van der Waals surface area contributed by atoms with Crippen LogP contribution >= 0.6 is 22.9 Å². The first-order valence-corrected chi connectivity index (χ1v) is 9.43. The van der Waals surface area contributed by atoms with Gasteiger partial charge in [0.15, 0.2) is 0 Å². The molecule has 0 atom stereocenters. The SMILES string of the molecule is Cc1csc2c1CCN(CCCCNC(=O)c1cc(Cl)ncn1)C2. The van der Waals surface area contributed by atoms with Gasteiger partial charge in [0.2, 0.25) is 0 Å². The summed E-state index contributed by atoms with van der Waals surface area (Å²) in [6, 6.07) is 1.48. The van der Waals surface area contributed by atoms with E-state index in [2.05, 4.69) is 32.5 Å². The maximum atomic E-state index is 11.9. The van der Waals surface area contributed by atoms with Gasteiger partial charge in [0.05, 0.1) is 0 Å². The zero-order valence-corrected chi connectivity index (χ0v) is 15.3. The molecule has 0 aromatic carbocycles. The Morgan fingerprint density at radius 1 is 1.42 bits per heavy atom. The van der Waals surface area contributed by atoms with E-state index in [1.807, 2.05) is 11.3 Å². The van der Waals surface area contributed by atoms with Crippen molar-refractivity contribution in [2.45, 2.75) is 32.7 Å². The van der Waals surface area contributed by atoms with Gasteiger partial charge >= 0.3 is 0 Å². The van der Waals surface area contributed by atoms with Crippen LogP contribution in [0.1, 0.15) is 39.3 Å². The van der Waals surface area contributed by atoms with Crippen molar-refractivity contribution < 1.29 is 4.79 Å². The van der Waals surface area contributed by atoms with E-state index in [0.29, 0.717) is 12.2 Å². The summed E-state index contributed by atoms with van der Waals surface area (Å²) in [4.78, 5) is 23.6. The van der Waals surface area contributed by atoms with Gasteiger partial charge in [0, 0.05) is 30.6 Å². The van der Waals surface area contributed by atoms with Crippen LogP contribution in [0.25, 0.3) is 0 Å². The third kappa shape index (κ3) is 4.32. The molecule has 1 aliphatic rings. The van der Waals surface area contributed by atoms with Crippen molar-refractivity contribution in [2.75, 3.05) is 19.6 Å². The molecule has 2 aromatic rings. The predicted octanol–water partition coefficient (Wildman–Crippen LogP) is 3.07. The van der Waals surface area contributed by atoms with Crippen LogP contribution in [0.3, 0.4) is 0 Å². The molecule has 0 fully saturated rings. The summed E-state index contributed by atoms with van der Waals surface area (Å²) in [6.45, 7) is 6.14. The van der Waals surface area contributed by atoms with Gasteiger partial charge in [-0.15, -0.1) is 11.3 Å². The normalized spacial score (nSPS) is 14.4. The van der Waals surface area contributed by atoms with Gasteiger partial charge in [-0.05, 0) is 49.2 Å². The van der Waals surface area contributed by atoms with Crippen molar-refractivity contribution in [3.63, 3.8) is 0 Å². The summed E-state index contributed by atoms with van der Waals surface area (Å²) < 4.78 is 0. The highest BCUT2D eigenvalue weighted by Crippen LogP contribution is 2.27. The van der Waals surface area contributed by atoms with Crippen molar-refractivity contribution in [2.24, 2.45) is 0 Å². The highest BCUT2D eigenvalue weighted by Gasteiger charge is 2.18. The number of unbranched alkanes of at least 4 members (excludes halogenated alkanes) is 1. The first-order valence-electron chi connectivity index (χ1n) is 8.17. The topological polar surface area (TPSA) is 58.1 Å². The molecule has 0 saturated carbocycles. The molecule has 1 aliphatic heterocycles. The number of thiophene rings is 1. The number of carbonyl (C=O) groups is 1. The molecule has 5 nitrogen and oxygen atoms in total. The minimum absolute atomic E-state index is 0.198. The van der Waals surface area contributed by atoms with Crippen molar-refractivity contribution in [3.8, 4) is 0 Å². The lowest BCUT2D eigenvalue weighted by Gasteiger charge is -2.27. The molecule has 0 saturated heterocycles. The average Bonchev–Trinajstić information content (AvgIpc) is 2.95. The first kappa shape index (κ1) is 17.3. The molecule has 7 heteroatoms. The lowest BCUT2D eigenvalue weighted by atomic mass is 10.0. The maximum Gasteiger partial charge on any atom is 0.270 e. The number of halogens is 1. The molecule has 3 rings (SSSR count). The molecule has 2 aromatic heterocycles. The summed E-state index contributed by atoms with van der Waals surface area (Å²) in [5.74, 6) is -0.198. The summed E-state index contributed by atoms with van der Waals surface area (Å²) in [5.41, 5.74) is 3.32. The molecule has 3 heterocycles. The second-order valence-electron chi connectivity index (χ2n) is 6.04. The second-order valence-corrected chi connectivity index (χ2v) is 7.39. The van der Waals surface area contributed by atoms with E-state index in [9.17, 15) is 4.79 Å². The molecule has 24 heavy (non-hydrogen) atoms. The van der Waals surface area contributed by atoms with Crippen molar-refractivity contribution in [1.82, 2.24) is 20.2 Å². The van der Waals surface area contributed by atoms with E-state index in [4.69, 9.17) is 11.6 Å². The Morgan fingerprint density at radius 2 is 2.29 bits per heavy atom. The van der Waals surface area contributed by atoms with Crippen LogP contribution in [0, 0.1) is 6.92 Å². The molecular formula is C17H21ClN4OS. The zero-order chi connectivity index (χ0) is 16.9. The zero-order valence-electron chi connectivity index (χ0n) is 13.7. The Morgan fingerprint density at radius 3 is 3.12 bits per heavy atom. The third-order valence-corrected chi connectivity index (χ3v) is 5.63. The Balaban J connectivity index is 1.35. The smallest absolute Gasteiger partial charge is 0.270 e. The van der Waals surface area contributed by atoms with Gasteiger partial charge in [-0.2, -0.15) is 0 Å². The molecular weight excluding hydrogens is 344 g/mol. The quantitative estimate of drug-likeness (QED) is 0.632. The molecule has 0 radical (unpaired) electrons. The van der Waals surface area contributed by atoms with Gasteiger partial charge in [0.1, 0.15) is 17.2 Å². The highest BCUT2D eigenvalue weighted by molar-refractivity contribution is 7.10. The fourth-order valence-electron chi connectivity index (χ4n) is 2.94. The fourth-order valence-corrected chi connectivity index (χ4v) is 4.22. The van der Waals surface area contributed by atoms with E-state index in [1.54, 1.807) is 5.56 Å². The highest BCUT2D eigenvalue weighted by atomic mass is 35.5. The molecule has 0 bridgehead atoms. The number of hydrogen-bond acceptors (Lipinski definition) is 5. The van der Waals surface area contributed by atoms with Gasteiger partial charge in [-0.25, -0.2) is 9.97 Å². The Labute approximate surface area is 151 Å². The number of amides is 1. The molecule has 1 amide bonds.